The van der Waals surface area contributed by atoms with Crippen LogP contribution in [0.15, 0.2) is 10.2 Å². The molecule has 0 aromatic rings. The van der Waals surface area contributed by atoms with Gasteiger partial charge in [0.25, 0.3) is 0 Å². The lowest BCUT2D eigenvalue weighted by atomic mass is 10.4. The third-order valence-electron chi connectivity index (χ3n) is 1.45. The highest BCUT2D eigenvalue weighted by Gasteiger charge is 2.11. The molecule has 1 heterocycles. The summed E-state index contributed by atoms with van der Waals surface area (Å²) in [5.41, 5.74) is 0. The Bertz CT molecular complexity index is 177. The van der Waals surface area contributed by atoms with Gasteiger partial charge in [-0.05, 0) is 13.3 Å². The molecule has 0 saturated carbocycles. The molecule has 3 nitrogen and oxygen atoms in total. The maximum Gasteiger partial charge on any atom is 0.185 e. The first kappa shape index (κ1) is 8.59. The van der Waals surface area contributed by atoms with Gasteiger partial charge in [-0.25, -0.2) is 0 Å². The van der Waals surface area contributed by atoms with Crippen LogP contribution in [-0.2, 0) is 0 Å². The van der Waals surface area contributed by atoms with Crippen molar-refractivity contribution in [1.29, 1.82) is 0 Å². The average molecular weight is 171 g/mol. The fourth-order valence-electron chi connectivity index (χ4n) is 0.883. The van der Waals surface area contributed by atoms with Gasteiger partial charge in [0.15, 0.2) is 5.17 Å². The molecule has 62 valence electrons. The first-order valence-corrected chi connectivity index (χ1v) is 4.72. The van der Waals surface area contributed by atoms with Gasteiger partial charge in [-0.1, -0.05) is 11.8 Å². The Morgan fingerprint density at radius 3 is 3.09 bits per heavy atom. The summed E-state index contributed by atoms with van der Waals surface area (Å²) < 4.78 is 0. The molecule has 0 atom stereocenters. The van der Waals surface area contributed by atoms with E-state index in [0.717, 1.165) is 11.7 Å². The Hall–Kier alpha value is -0.510. The monoisotopic (exact) mass is 171 g/mol. The second-order valence-corrected chi connectivity index (χ2v) is 3.44. The van der Waals surface area contributed by atoms with Crippen molar-refractivity contribution in [2.75, 3.05) is 19.3 Å². The lowest BCUT2D eigenvalue weighted by molar-refractivity contribution is 0.504. The van der Waals surface area contributed by atoms with E-state index in [1.54, 1.807) is 18.0 Å². The van der Waals surface area contributed by atoms with E-state index in [2.05, 4.69) is 22.2 Å². The maximum atomic E-state index is 4.06. The van der Waals surface area contributed by atoms with Crippen molar-refractivity contribution in [2.45, 2.75) is 13.3 Å². The molecule has 0 aromatic carbocycles. The zero-order chi connectivity index (χ0) is 8.10. The van der Waals surface area contributed by atoms with Gasteiger partial charge >= 0.3 is 0 Å². The Kier molecular flexibility index (Phi) is 3.42. The van der Waals surface area contributed by atoms with Gasteiger partial charge in [0.1, 0.15) is 0 Å². The lowest BCUT2D eigenvalue weighted by Gasteiger charge is -2.23. The fourth-order valence-corrected chi connectivity index (χ4v) is 1.76. The van der Waals surface area contributed by atoms with E-state index in [0.29, 0.717) is 0 Å². The first-order chi connectivity index (χ1) is 5.34. The molecule has 11 heavy (non-hydrogen) atoms. The van der Waals surface area contributed by atoms with E-state index >= 15 is 0 Å². The summed E-state index contributed by atoms with van der Waals surface area (Å²) in [6.07, 6.45) is 2.95. The highest BCUT2D eigenvalue weighted by Crippen LogP contribution is 2.15. The number of nitrogens with zero attached hydrogens (tertiary/aromatic N) is 3. The minimum absolute atomic E-state index is 1.04. The molecule has 1 rings (SSSR count). The fraction of sp³-hybridized carbons (Fsp3) is 0.714. The third-order valence-corrected chi connectivity index (χ3v) is 2.60. The van der Waals surface area contributed by atoms with Crippen molar-refractivity contribution in [2.24, 2.45) is 10.2 Å². The van der Waals surface area contributed by atoms with Crippen LogP contribution in [0.5, 0.6) is 0 Å². The molecular formula is C7H13N3S. The zero-order valence-electron chi connectivity index (χ0n) is 6.95. The molecule has 4 heteroatoms. The summed E-state index contributed by atoms with van der Waals surface area (Å²) in [5, 5.41) is 8.94. The van der Waals surface area contributed by atoms with Crippen molar-refractivity contribution in [3.63, 3.8) is 0 Å². The number of thioether (sulfide) groups is 1. The summed E-state index contributed by atoms with van der Waals surface area (Å²) >= 11 is 1.77. The molecule has 1 aliphatic rings. The lowest BCUT2D eigenvalue weighted by Crippen LogP contribution is -2.29. The molecule has 1 saturated heterocycles. The second kappa shape index (κ2) is 4.38. The van der Waals surface area contributed by atoms with Crippen LogP contribution in [-0.4, -0.2) is 35.6 Å². The van der Waals surface area contributed by atoms with Crippen LogP contribution >= 0.6 is 11.8 Å². The van der Waals surface area contributed by atoms with Crippen molar-refractivity contribution in [3.8, 4) is 0 Å². The molecule has 0 radical (unpaired) electrons. The summed E-state index contributed by atoms with van der Waals surface area (Å²) in [6.45, 7) is 2.97. The van der Waals surface area contributed by atoms with Gasteiger partial charge < -0.3 is 4.90 Å². The SMILES string of the molecule is C/C=N/N=C1\SCCCN1C. The van der Waals surface area contributed by atoms with Crippen LogP contribution in [0.25, 0.3) is 0 Å². The quantitative estimate of drug-likeness (QED) is 0.441. The van der Waals surface area contributed by atoms with E-state index in [1.165, 1.54) is 12.2 Å². The third kappa shape index (κ3) is 2.54. The van der Waals surface area contributed by atoms with Crippen molar-refractivity contribution >= 4 is 23.1 Å². The molecule has 0 aliphatic carbocycles. The second-order valence-electron chi connectivity index (χ2n) is 2.38. The molecule has 1 fully saturated rings. The van der Waals surface area contributed by atoms with Crippen LogP contribution in [0.2, 0.25) is 0 Å². The van der Waals surface area contributed by atoms with Crippen molar-refractivity contribution < 1.29 is 0 Å². The van der Waals surface area contributed by atoms with Gasteiger partial charge in [0.05, 0.1) is 0 Å². The maximum absolute atomic E-state index is 4.06. The van der Waals surface area contributed by atoms with Gasteiger partial charge in [0, 0.05) is 25.6 Å². The smallest absolute Gasteiger partial charge is 0.185 e. The minimum Gasteiger partial charge on any atom is -0.353 e. The first-order valence-electron chi connectivity index (χ1n) is 3.74. The number of rotatable bonds is 1. The number of hydrogen-bond donors (Lipinski definition) is 0. The zero-order valence-corrected chi connectivity index (χ0v) is 7.77. The van der Waals surface area contributed by atoms with Crippen LogP contribution in [0.3, 0.4) is 0 Å². The number of amidine groups is 1. The standard InChI is InChI=1S/C7H13N3S/c1-3-8-9-7-10(2)5-4-6-11-7/h3H,4-6H2,1-2H3/b8-3+,9-7-. The minimum atomic E-state index is 1.04. The Morgan fingerprint density at radius 1 is 1.64 bits per heavy atom. The summed E-state index contributed by atoms with van der Waals surface area (Å²) in [7, 11) is 2.05. The van der Waals surface area contributed by atoms with E-state index in [9.17, 15) is 0 Å². The Morgan fingerprint density at radius 2 is 2.45 bits per heavy atom. The number of hydrogen-bond acceptors (Lipinski definition) is 3. The Labute approximate surface area is 71.6 Å². The van der Waals surface area contributed by atoms with Crippen LogP contribution in [0.4, 0.5) is 0 Å². The van der Waals surface area contributed by atoms with E-state index < -0.39 is 0 Å². The highest BCUT2D eigenvalue weighted by molar-refractivity contribution is 8.13. The molecular weight excluding hydrogens is 158 g/mol. The normalized spacial score (nSPS) is 23.5. The van der Waals surface area contributed by atoms with Gasteiger partial charge in [-0.3, -0.25) is 0 Å². The van der Waals surface area contributed by atoms with Crippen LogP contribution in [0, 0.1) is 0 Å². The van der Waals surface area contributed by atoms with Gasteiger partial charge in [-0.15, -0.1) is 5.10 Å². The molecule has 0 aromatic heterocycles. The Balaban J connectivity index is 2.53. The molecule has 0 amide bonds. The van der Waals surface area contributed by atoms with Gasteiger partial charge in [0.2, 0.25) is 0 Å². The predicted octanol–water partition coefficient (Wildman–Crippen LogP) is 1.42. The topological polar surface area (TPSA) is 28.0 Å². The molecule has 0 bridgehead atoms. The van der Waals surface area contributed by atoms with Gasteiger partial charge in [-0.2, -0.15) is 5.10 Å². The predicted molar refractivity (Wildman–Crippen MR) is 51.3 cm³/mol. The van der Waals surface area contributed by atoms with E-state index in [-0.39, 0.29) is 0 Å². The molecule has 0 N–H and O–H groups in total. The summed E-state index contributed by atoms with van der Waals surface area (Å²) in [4.78, 5) is 2.14. The highest BCUT2D eigenvalue weighted by atomic mass is 32.2. The summed E-state index contributed by atoms with van der Waals surface area (Å²) in [5.74, 6) is 1.17. The van der Waals surface area contributed by atoms with Crippen LogP contribution in [0.1, 0.15) is 13.3 Å². The molecule has 0 spiro atoms. The molecule has 0 unspecified atom stereocenters. The van der Waals surface area contributed by atoms with Crippen molar-refractivity contribution in [1.82, 2.24) is 4.90 Å². The average Bonchev–Trinajstić information content (AvgIpc) is 2.03. The van der Waals surface area contributed by atoms with Crippen molar-refractivity contribution in [3.05, 3.63) is 0 Å². The van der Waals surface area contributed by atoms with E-state index in [4.69, 9.17) is 0 Å². The molecule has 1 aliphatic heterocycles. The largest absolute Gasteiger partial charge is 0.353 e. The summed E-state index contributed by atoms with van der Waals surface area (Å²) in [6, 6.07) is 0. The van der Waals surface area contributed by atoms with Crippen LogP contribution < -0.4 is 0 Å². The van der Waals surface area contributed by atoms with E-state index in [1.807, 2.05) is 6.92 Å².